The maximum atomic E-state index is 10.9. The summed E-state index contributed by atoms with van der Waals surface area (Å²) < 4.78 is 0. The number of anilines is 1. The van der Waals surface area contributed by atoms with Crippen molar-refractivity contribution in [2.75, 3.05) is 11.5 Å². The highest BCUT2D eigenvalue weighted by atomic mass is 32.1. The van der Waals surface area contributed by atoms with E-state index in [0.29, 0.717) is 23.4 Å². The van der Waals surface area contributed by atoms with Crippen molar-refractivity contribution in [3.8, 4) is 11.8 Å². The quantitative estimate of drug-likeness (QED) is 0.404. The first-order valence-electron chi connectivity index (χ1n) is 4.37. The molecule has 3 N–H and O–H groups in total. The zero-order valence-electron chi connectivity index (χ0n) is 8.03. The van der Waals surface area contributed by atoms with Gasteiger partial charge < -0.3 is 10.8 Å². The Kier molecular flexibility index (Phi) is 4.07. The summed E-state index contributed by atoms with van der Waals surface area (Å²) >= 11 is 4.01. The van der Waals surface area contributed by atoms with Gasteiger partial charge in [0.15, 0.2) is 0 Å². The van der Waals surface area contributed by atoms with E-state index in [2.05, 4.69) is 24.5 Å². The Bertz CT molecular complexity index is 432. The molecule has 0 unspecified atom stereocenters. The van der Waals surface area contributed by atoms with E-state index in [0.717, 1.165) is 0 Å². The number of thiol groups is 1. The number of rotatable bonds is 2. The Hall–Kier alpha value is -1.60. The molecule has 0 bridgehead atoms. The van der Waals surface area contributed by atoms with Crippen LogP contribution in [0.5, 0.6) is 0 Å². The zero-order valence-corrected chi connectivity index (χ0v) is 8.92. The van der Waals surface area contributed by atoms with Crippen molar-refractivity contribution >= 4 is 24.3 Å². The lowest BCUT2D eigenvalue weighted by atomic mass is 10.1. The molecule has 0 saturated carbocycles. The molecule has 1 aromatic rings. The molecule has 1 rings (SSSR count). The average Bonchev–Trinajstić information content (AvgIpc) is 2.20. The van der Waals surface area contributed by atoms with Gasteiger partial charge in [0.1, 0.15) is 0 Å². The van der Waals surface area contributed by atoms with Crippen molar-refractivity contribution in [2.24, 2.45) is 0 Å². The molecule has 0 amide bonds. The number of carboxylic acid groups (broad SMARTS) is 1. The van der Waals surface area contributed by atoms with Crippen LogP contribution in [0.1, 0.15) is 22.3 Å². The van der Waals surface area contributed by atoms with Crippen LogP contribution in [0.25, 0.3) is 0 Å². The Morgan fingerprint density at radius 2 is 2.27 bits per heavy atom. The van der Waals surface area contributed by atoms with E-state index < -0.39 is 5.97 Å². The molecule has 0 spiro atoms. The SMILES string of the molecule is Nc1ccc(C#CCCS)c(C(=O)O)c1. The number of hydrogen-bond acceptors (Lipinski definition) is 3. The number of carbonyl (C=O) groups is 1. The minimum atomic E-state index is -1.02. The lowest BCUT2D eigenvalue weighted by molar-refractivity contribution is 0.0696. The van der Waals surface area contributed by atoms with Crippen LogP contribution in [0, 0.1) is 11.8 Å². The third kappa shape index (κ3) is 3.22. The van der Waals surface area contributed by atoms with E-state index in [-0.39, 0.29) is 5.56 Å². The normalized spacial score (nSPS) is 9.13. The zero-order chi connectivity index (χ0) is 11.3. The van der Waals surface area contributed by atoms with Crippen LogP contribution in [0.4, 0.5) is 5.69 Å². The van der Waals surface area contributed by atoms with E-state index in [1.165, 1.54) is 6.07 Å². The van der Waals surface area contributed by atoms with Gasteiger partial charge in [0.25, 0.3) is 0 Å². The molecular formula is C11H11NO2S. The van der Waals surface area contributed by atoms with Crippen LogP contribution < -0.4 is 5.73 Å². The number of nitrogens with two attached hydrogens (primary N) is 1. The molecule has 0 aliphatic carbocycles. The van der Waals surface area contributed by atoms with Gasteiger partial charge in [0.05, 0.1) is 5.56 Å². The molecule has 0 aliphatic rings. The standard InChI is InChI=1S/C11H11NO2S/c12-9-5-4-8(3-1-2-6-15)10(7-9)11(13)14/h4-5,7,15H,2,6,12H2,(H,13,14). The Labute approximate surface area is 93.7 Å². The largest absolute Gasteiger partial charge is 0.478 e. The highest BCUT2D eigenvalue weighted by Crippen LogP contribution is 2.12. The summed E-state index contributed by atoms with van der Waals surface area (Å²) in [6.07, 6.45) is 0.631. The van der Waals surface area contributed by atoms with Crippen LogP contribution in [-0.2, 0) is 0 Å². The van der Waals surface area contributed by atoms with Crippen LogP contribution in [0.3, 0.4) is 0 Å². The van der Waals surface area contributed by atoms with Crippen molar-refractivity contribution in [2.45, 2.75) is 6.42 Å². The predicted molar refractivity (Wildman–Crippen MR) is 63.2 cm³/mol. The first-order chi connectivity index (χ1) is 7.15. The average molecular weight is 221 g/mol. The van der Waals surface area contributed by atoms with Gasteiger partial charge in [-0.1, -0.05) is 11.8 Å². The van der Waals surface area contributed by atoms with Crippen LogP contribution in [0.2, 0.25) is 0 Å². The maximum Gasteiger partial charge on any atom is 0.337 e. The summed E-state index contributed by atoms with van der Waals surface area (Å²) in [4.78, 5) is 10.9. The number of aromatic carboxylic acids is 1. The number of nitrogen functional groups attached to an aromatic ring is 1. The molecule has 0 aromatic heterocycles. The molecule has 78 valence electrons. The minimum absolute atomic E-state index is 0.140. The molecule has 0 atom stereocenters. The third-order valence-corrected chi connectivity index (χ3v) is 1.96. The summed E-state index contributed by atoms with van der Waals surface area (Å²) in [6.45, 7) is 0. The van der Waals surface area contributed by atoms with E-state index in [4.69, 9.17) is 10.8 Å². The Morgan fingerprint density at radius 1 is 1.53 bits per heavy atom. The molecule has 3 nitrogen and oxygen atoms in total. The van der Waals surface area contributed by atoms with Crippen LogP contribution in [0.15, 0.2) is 18.2 Å². The van der Waals surface area contributed by atoms with Gasteiger partial charge in [-0.2, -0.15) is 12.6 Å². The van der Waals surface area contributed by atoms with E-state index >= 15 is 0 Å². The highest BCUT2D eigenvalue weighted by Gasteiger charge is 2.08. The van der Waals surface area contributed by atoms with Crippen molar-refractivity contribution in [3.63, 3.8) is 0 Å². The maximum absolute atomic E-state index is 10.9. The van der Waals surface area contributed by atoms with Gasteiger partial charge in [0, 0.05) is 23.4 Å². The molecule has 15 heavy (non-hydrogen) atoms. The van der Waals surface area contributed by atoms with Crippen molar-refractivity contribution in [3.05, 3.63) is 29.3 Å². The lowest BCUT2D eigenvalue weighted by Gasteiger charge is -2.00. The second kappa shape index (κ2) is 5.32. The second-order valence-corrected chi connectivity index (χ2v) is 3.33. The van der Waals surface area contributed by atoms with Crippen molar-refractivity contribution in [1.82, 2.24) is 0 Å². The molecule has 0 saturated heterocycles. The van der Waals surface area contributed by atoms with Gasteiger partial charge >= 0.3 is 5.97 Å². The van der Waals surface area contributed by atoms with Crippen molar-refractivity contribution < 1.29 is 9.90 Å². The third-order valence-electron chi connectivity index (χ3n) is 1.73. The van der Waals surface area contributed by atoms with E-state index in [1.807, 2.05) is 0 Å². The topological polar surface area (TPSA) is 63.3 Å². The van der Waals surface area contributed by atoms with E-state index in [9.17, 15) is 4.79 Å². The summed E-state index contributed by atoms with van der Waals surface area (Å²) in [7, 11) is 0. The van der Waals surface area contributed by atoms with Crippen LogP contribution in [-0.4, -0.2) is 16.8 Å². The highest BCUT2D eigenvalue weighted by molar-refractivity contribution is 7.80. The van der Waals surface area contributed by atoms with Gasteiger partial charge in [-0.25, -0.2) is 4.79 Å². The molecule has 0 aliphatic heterocycles. The molecular weight excluding hydrogens is 210 g/mol. The molecule has 0 fully saturated rings. The van der Waals surface area contributed by atoms with E-state index in [1.54, 1.807) is 12.1 Å². The monoisotopic (exact) mass is 221 g/mol. The lowest BCUT2D eigenvalue weighted by Crippen LogP contribution is -2.01. The first-order valence-corrected chi connectivity index (χ1v) is 5.01. The second-order valence-electron chi connectivity index (χ2n) is 2.89. The number of benzene rings is 1. The summed E-state index contributed by atoms with van der Waals surface area (Å²) in [5.74, 6) is 5.26. The fourth-order valence-corrected chi connectivity index (χ4v) is 1.17. The van der Waals surface area contributed by atoms with Gasteiger partial charge in [-0.3, -0.25) is 0 Å². The smallest absolute Gasteiger partial charge is 0.337 e. The minimum Gasteiger partial charge on any atom is -0.478 e. The van der Waals surface area contributed by atoms with Gasteiger partial charge in [-0.05, 0) is 18.2 Å². The summed E-state index contributed by atoms with van der Waals surface area (Å²) in [5, 5.41) is 8.91. The van der Waals surface area contributed by atoms with Gasteiger partial charge in [-0.15, -0.1) is 0 Å². The molecule has 1 aromatic carbocycles. The molecule has 0 radical (unpaired) electrons. The fourth-order valence-electron chi connectivity index (χ4n) is 1.06. The molecule has 0 heterocycles. The number of carboxylic acids is 1. The van der Waals surface area contributed by atoms with Gasteiger partial charge in [0.2, 0.25) is 0 Å². The Balaban J connectivity index is 3.08. The molecule has 4 heteroatoms. The first kappa shape index (κ1) is 11.5. The summed E-state index contributed by atoms with van der Waals surface area (Å²) in [6, 6.07) is 4.66. The number of hydrogen-bond donors (Lipinski definition) is 3. The fraction of sp³-hybridized carbons (Fsp3) is 0.182. The van der Waals surface area contributed by atoms with Crippen molar-refractivity contribution in [1.29, 1.82) is 0 Å². The predicted octanol–water partition coefficient (Wildman–Crippen LogP) is 1.64. The van der Waals surface area contributed by atoms with Crippen LogP contribution >= 0.6 is 12.6 Å². The summed E-state index contributed by atoms with van der Waals surface area (Å²) in [5.41, 5.74) is 6.54. The Morgan fingerprint density at radius 3 is 2.87 bits per heavy atom.